The highest BCUT2D eigenvalue weighted by atomic mass is 16.5. The lowest BCUT2D eigenvalue weighted by molar-refractivity contribution is -0.134. The Bertz CT molecular complexity index is 168. The smallest absolute Gasteiger partial charge is 0.334 e. The lowest BCUT2D eigenvalue weighted by Crippen LogP contribution is -1.90. The first kappa shape index (κ1) is 17.3. The van der Waals surface area contributed by atoms with E-state index in [2.05, 4.69) is 31.1 Å². The van der Waals surface area contributed by atoms with E-state index in [0.717, 1.165) is 19.3 Å². The standard InChI is InChI=1S/C5H6O2.C2H4O2.C2H4/c1-3-5(6)7-4-2;1-2(3)4;1-2/h3-4H,1-2H2;1H3,(H,3,4);1-2H2. The van der Waals surface area contributed by atoms with E-state index >= 15 is 0 Å². The van der Waals surface area contributed by atoms with Gasteiger partial charge in [-0.2, -0.15) is 0 Å². The van der Waals surface area contributed by atoms with Crippen LogP contribution in [-0.4, -0.2) is 17.0 Å². The number of aliphatic carboxylic acids is 1. The molecule has 13 heavy (non-hydrogen) atoms. The normalized spacial score (nSPS) is 5.92. The summed E-state index contributed by atoms with van der Waals surface area (Å²) in [7, 11) is 0. The molecule has 0 aliphatic carbocycles. The molecule has 0 fully saturated rings. The van der Waals surface area contributed by atoms with E-state index in [1.807, 2.05) is 0 Å². The largest absolute Gasteiger partial charge is 0.481 e. The van der Waals surface area contributed by atoms with Crippen LogP contribution in [0, 0.1) is 0 Å². The molecule has 0 bridgehead atoms. The van der Waals surface area contributed by atoms with Crippen molar-refractivity contribution in [2.45, 2.75) is 6.92 Å². The molecule has 0 radical (unpaired) electrons. The minimum atomic E-state index is -0.833. The van der Waals surface area contributed by atoms with Crippen molar-refractivity contribution in [3.05, 3.63) is 38.7 Å². The molecule has 0 aliphatic heterocycles. The molecule has 0 heterocycles. The van der Waals surface area contributed by atoms with Crippen molar-refractivity contribution in [2.24, 2.45) is 0 Å². The number of carbonyl (C=O) groups is 2. The van der Waals surface area contributed by atoms with Crippen molar-refractivity contribution in [1.82, 2.24) is 0 Å². The van der Waals surface area contributed by atoms with E-state index in [0.29, 0.717) is 0 Å². The van der Waals surface area contributed by atoms with Gasteiger partial charge in [0.25, 0.3) is 5.97 Å². The van der Waals surface area contributed by atoms with Gasteiger partial charge in [0.15, 0.2) is 0 Å². The van der Waals surface area contributed by atoms with Crippen molar-refractivity contribution in [2.75, 3.05) is 0 Å². The van der Waals surface area contributed by atoms with Crippen molar-refractivity contribution in [3.63, 3.8) is 0 Å². The quantitative estimate of drug-likeness (QED) is 0.309. The Labute approximate surface area is 77.8 Å². The van der Waals surface area contributed by atoms with Crippen molar-refractivity contribution in [3.8, 4) is 0 Å². The molecule has 0 aromatic carbocycles. The lowest BCUT2D eigenvalue weighted by atomic mass is 10.7. The van der Waals surface area contributed by atoms with Crippen LogP contribution in [0.5, 0.6) is 0 Å². The van der Waals surface area contributed by atoms with Gasteiger partial charge < -0.3 is 9.84 Å². The van der Waals surface area contributed by atoms with Crippen molar-refractivity contribution < 1.29 is 19.4 Å². The summed E-state index contributed by atoms with van der Waals surface area (Å²) < 4.78 is 4.20. The highest BCUT2D eigenvalue weighted by Gasteiger charge is 1.84. The average Bonchev–Trinajstić information content (AvgIpc) is 2.07. The highest BCUT2D eigenvalue weighted by molar-refractivity contribution is 5.81. The fourth-order valence-electron chi connectivity index (χ4n) is 0.130. The van der Waals surface area contributed by atoms with Crippen LogP contribution in [-0.2, 0) is 14.3 Å². The number of carbonyl (C=O) groups excluding carboxylic acids is 1. The minimum Gasteiger partial charge on any atom is -0.481 e. The van der Waals surface area contributed by atoms with Gasteiger partial charge in [0.1, 0.15) is 0 Å². The van der Waals surface area contributed by atoms with Crippen LogP contribution in [0.25, 0.3) is 0 Å². The predicted octanol–water partition coefficient (Wildman–Crippen LogP) is 1.75. The Morgan fingerprint density at radius 3 is 1.69 bits per heavy atom. The molecule has 1 N–H and O–H groups in total. The lowest BCUT2D eigenvalue weighted by Gasteiger charge is -1.85. The van der Waals surface area contributed by atoms with Crippen LogP contribution in [0.15, 0.2) is 38.7 Å². The molecule has 0 aliphatic rings. The van der Waals surface area contributed by atoms with E-state index in [-0.39, 0.29) is 0 Å². The number of hydrogen-bond donors (Lipinski definition) is 1. The zero-order chi connectivity index (χ0) is 11.3. The van der Waals surface area contributed by atoms with Crippen LogP contribution >= 0.6 is 0 Å². The molecule has 0 amide bonds. The fraction of sp³-hybridized carbons (Fsp3) is 0.111. The van der Waals surface area contributed by atoms with Gasteiger partial charge in [-0.3, -0.25) is 4.79 Å². The Balaban J connectivity index is -0.000000142. The van der Waals surface area contributed by atoms with Gasteiger partial charge in [0.2, 0.25) is 0 Å². The van der Waals surface area contributed by atoms with Crippen molar-refractivity contribution in [1.29, 1.82) is 0 Å². The zero-order valence-corrected chi connectivity index (χ0v) is 7.66. The average molecular weight is 186 g/mol. The second kappa shape index (κ2) is 16.6. The van der Waals surface area contributed by atoms with Gasteiger partial charge in [-0.1, -0.05) is 13.2 Å². The Morgan fingerprint density at radius 1 is 1.31 bits per heavy atom. The molecule has 0 saturated carbocycles. The minimum absolute atomic E-state index is 0.477. The van der Waals surface area contributed by atoms with E-state index in [9.17, 15) is 4.79 Å². The number of hydrogen-bond acceptors (Lipinski definition) is 3. The summed E-state index contributed by atoms with van der Waals surface area (Å²) in [4.78, 5) is 19.0. The van der Waals surface area contributed by atoms with Gasteiger partial charge in [-0.25, -0.2) is 4.79 Å². The van der Waals surface area contributed by atoms with Crippen LogP contribution in [0.4, 0.5) is 0 Å². The number of esters is 1. The Hall–Kier alpha value is -1.84. The van der Waals surface area contributed by atoms with Gasteiger partial charge in [0.05, 0.1) is 6.26 Å². The summed E-state index contributed by atoms with van der Waals surface area (Å²) in [6.07, 6.45) is 2.13. The number of rotatable bonds is 2. The summed E-state index contributed by atoms with van der Waals surface area (Å²) >= 11 is 0. The molecular weight excluding hydrogens is 172 g/mol. The Morgan fingerprint density at radius 2 is 1.62 bits per heavy atom. The third kappa shape index (κ3) is 67.7. The molecule has 0 aromatic rings. The number of carboxylic acid groups (broad SMARTS) is 1. The number of ether oxygens (including phenoxy) is 1. The summed E-state index contributed by atoms with van der Waals surface area (Å²) in [6.45, 7) is 13.4. The summed E-state index contributed by atoms with van der Waals surface area (Å²) in [5.41, 5.74) is 0. The van der Waals surface area contributed by atoms with E-state index in [1.165, 1.54) is 0 Å². The molecule has 4 nitrogen and oxygen atoms in total. The first-order chi connectivity index (χ1) is 6.04. The van der Waals surface area contributed by atoms with Crippen LogP contribution < -0.4 is 0 Å². The molecule has 74 valence electrons. The van der Waals surface area contributed by atoms with Crippen LogP contribution in [0.3, 0.4) is 0 Å². The third-order valence-electron chi connectivity index (χ3n) is 0.366. The molecule has 4 heteroatoms. The number of carboxylic acids is 1. The summed E-state index contributed by atoms with van der Waals surface area (Å²) in [5.74, 6) is -1.31. The van der Waals surface area contributed by atoms with Crippen molar-refractivity contribution >= 4 is 11.9 Å². The third-order valence-corrected chi connectivity index (χ3v) is 0.366. The first-order valence-corrected chi connectivity index (χ1v) is 3.18. The van der Waals surface area contributed by atoms with Gasteiger partial charge >= 0.3 is 5.97 Å². The van der Waals surface area contributed by atoms with E-state index < -0.39 is 11.9 Å². The maximum Gasteiger partial charge on any atom is 0.334 e. The van der Waals surface area contributed by atoms with Crippen LogP contribution in [0.2, 0.25) is 0 Å². The van der Waals surface area contributed by atoms with Gasteiger partial charge in [-0.15, -0.1) is 13.2 Å². The molecular formula is C9H14O4. The molecule has 0 aromatic heterocycles. The van der Waals surface area contributed by atoms with Crippen LogP contribution in [0.1, 0.15) is 6.92 Å². The highest BCUT2D eigenvalue weighted by Crippen LogP contribution is 1.75. The molecule has 0 saturated heterocycles. The summed E-state index contributed by atoms with van der Waals surface area (Å²) in [5, 5.41) is 7.42. The second-order valence-corrected chi connectivity index (χ2v) is 1.33. The topological polar surface area (TPSA) is 63.6 Å². The molecule has 0 rings (SSSR count). The fourth-order valence-corrected chi connectivity index (χ4v) is 0.130. The monoisotopic (exact) mass is 186 g/mol. The first-order valence-electron chi connectivity index (χ1n) is 3.18. The second-order valence-electron chi connectivity index (χ2n) is 1.33. The van der Waals surface area contributed by atoms with E-state index in [1.54, 1.807) is 0 Å². The predicted molar refractivity (Wildman–Crippen MR) is 51.0 cm³/mol. The maximum absolute atomic E-state index is 10.0. The summed E-state index contributed by atoms with van der Waals surface area (Å²) in [6, 6.07) is 0. The molecule has 0 atom stereocenters. The van der Waals surface area contributed by atoms with E-state index in [4.69, 9.17) is 9.90 Å². The molecule has 0 spiro atoms. The maximum atomic E-state index is 10.0. The zero-order valence-electron chi connectivity index (χ0n) is 7.66. The molecule has 0 unspecified atom stereocenters. The SMILES string of the molecule is C=C.C=COC(=O)C=C.CC(=O)O. The van der Waals surface area contributed by atoms with Gasteiger partial charge in [-0.05, 0) is 0 Å². The van der Waals surface area contributed by atoms with Gasteiger partial charge in [0, 0.05) is 13.0 Å². The Kier molecular flexibility index (Phi) is 22.1.